The maximum atomic E-state index is 6.27. The number of hydrogen-bond acceptors (Lipinski definition) is 5. The summed E-state index contributed by atoms with van der Waals surface area (Å²) in [4.78, 5) is 10.0. The van der Waals surface area contributed by atoms with Gasteiger partial charge in [-0.3, -0.25) is 4.99 Å². The highest BCUT2D eigenvalue weighted by molar-refractivity contribution is 6.20. The first-order valence-corrected chi connectivity index (χ1v) is 16.0. The highest BCUT2D eigenvalue weighted by Gasteiger charge is 2.28. The highest BCUT2D eigenvalue weighted by Crippen LogP contribution is 2.37. The Hall–Kier alpha value is -6.20. The average molecular weight is 605 g/mol. The SMILES string of the molecule is C1=NCc2oc3ccccc3c2C1=C1NC(c2ccc3ccc4c5ccccc5ccc4c3c2)=NC(c2ccc3ccccc3c2)N1. The fourth-order valence-corrected chi connectivity index (χ4v) is 7.25. The van der Waals surface area contributed by atoms with Gasteiger partial charge in [-0.25, -0.2) is 4.99 Å². The van der Waals surface area contributed by atoms with E-state index in [9.17, 15) is 0 Å². The van der Waals surface area contributed by atoms with Crippen LogP contribution in [0.5, 0.6) is 0 Å². The van der Waals surface area contributed by atoms with E-state index in [1.54, 1.807) is 0 Å². The largest absolute Gasteiger partial charge is 0.458 e. The van der Waals surface area contributed by atoms with Crippen molar-refractivity contribution in [3.63, 3.8) is 0 Å². The lowest BCUT2D eigenvalue weighted by atomic mass is 9.95. The third-order valence-corrected chi connectivity index (χ3v) is 9.55. The molecule has 2 N–H and O–H groups in total. The second-order valence-electron chi connectivity index (χ2n) is 12.3. The molecule has 7 aromatic carbocycles. The zero-order chi connectivity index (χ0) is 30.9. The number of benzene rings is 7. The zero-order valence-corrected chi connectivity index (χ0v) is 25.4. The molecule has 0 amide bonds. The second-order valence-corrected chi connectivity index (χ2v) is 12.3. The normalized spacial score (nSPS) is 17.6. The fourth-order valence-electron chi connectivity index (χ4n) is 7.25. The number of hydrogen-bond donors (Lipinski definition) is 2. The standard InChI is InChI=1S/C42H28N4O/c1-2-9-28-21-29(15-13-25(28)7-1)40-44-41(46-42(45-40)36-23-43-24-38-39(36)34-11-5-6-12-37(34)47-38)30-16-14-27-18-19-32-31-10-4-3-8-26(31)17-20-33(32)35(27)22-30/h1-23,40,45H,24H2,(H,44,46). The van der Waals surface area contributed by atoms with Crippen molar-refractivity contribution in [2.45, 2.75) is 12.7 Å². The maximum Gasteiger partial charge on any atom is 0.148 e. The van der Waals surface area contributed by atoms with E-state index in [4.69, 9.17) is 14.4 Å². The molecule has 5 heteroatoms. The molecule has 1 aromatic heterocycles. The Balaban J connectivity index is 1.17. The number of fused-ring (bicyclic) bond motifs is 9. The number of rotatable bonds is 2. The summed E-state index contributed by atoms with van der Waals surface area (Å²) in [5.41, 5.74) is 5.01. The molecule has 222 valence electrons. The van der Waals surface area contributed by atoms with Gasteiger partial charge >= 0.3 is 0 Å². The molecule has 0 radical (unpaired) electrons. The van der Waals surface area contributed by atoms with Gasteiger partial charge in [0.2, 0.25) is 0 Å². The summed E-state index contributed by atoms with van der Waals surface area (Å²) in [5.74, 6) is 2.53. The molecular formula is C42H28N4O. The van der Waals surface area contributed by atoms with Crippen LogP contribution in [0, 0.1) is 0 Å². The van der Waals surface area contributed by atoms with Crippen LogP contribution < -0.4 is 10.6 Å². The molecule has 8 aromatic rings. The van der Waals surface area contributed by atoms with Crippen LogP contribution in [0.25, 0.3) is 59.6 Å². The molecule has 0 saturated heterocycles. The van der Waals surface area contributed by atoms with E-state index in [2.05, 4.69) is 132 Å². The Kier molecular flexibility index (Phi) is 5.63. The second kappa shape index (κ2) is 10.2. The van der Waals surface area contributed by atoms with Crippen molar-refractivity contribution in [1.82, 2.24) is 10.6 Å². The molecule has 10 rings (SSSR count). The van der Waals surface area contributed by atoms with E-state index in [1.807, 2.05) is 18.3 Å². The Morgan fingerprint density at radius 2 is 1.30 bits per heavy atom. The van der Waals surface area contributed by atoms with Crippen molar-refractivity contribution in [3.05, 3.63) is 162 Å². The summed E-state index contributed by atoms with van der Waals surface area (Å²) < 4.78 is 6.27. The minimum Gasteiger partial charge on any atom is -0.458 e. The van der Waals surface area contributed by atoms with Crippen LogP contribution in [-0.4, -0.2) is 12.1 Å². The predicted octanol–water partition coefficient (Wildman–Crippen LogP) is 9.64. The van der Waals surface area contributed by atoms with E-state index < -0.39 is 0 Å². The van der Waals surface area contributed by atoms with Crippen molar-refractivity contribution in [1.29, 1.82) is 0 Å². The van der Waals surface area contributed by atoms with E-state index in [0.717, 1.165) is 50.6 Å². The lowest BCUT2D eigenvalue weighted by Gasteiger charge is -2.29. The molecule has 0 spiro atoms. The molecule has 0 aliphatic carbocycles. The van der Waals surface area contributed by atoms with Gasteiger partial charge in [-0.15, -0.1) is 0 Å². The number of nitrogens with zero attached hydrogens (tertiary/aromatic N) is 2. The van der Waals surface area contributed by atoms with Crippen molar-refractivity contribution in [3.8, 4) is 0 Å². The molecule has 0 saturated carbocycles. The zero-order valence-electron chi connectivity index (χ0n) is 25.4. The molecule has 2 aliphatic heterocycles. The number of allylic oxidation sites excluding steroid dienone is 1. The van der Waals surface area contributed by atoms with Gasteiger partial charge in [0.05, 0.1) is 6.54 Å². The maximum absolute atomic E-state index is 6.27. The van der Waals surface area contributed by atoms with Gasteiger partial charge in [0.1, 0.15) is 29.2 Å². The van der Waals surface area contributed by atoms with Gasteiger partial charge in [0, 0.05) is 28.3 Å². The summed E-state index contributed by atoms with van der Waals surface area (Å²) in [6, 6.07) is 47.4. The fraction of sp³-hybridized carbons (Fsp3) is 0.0476. The molecule has 3 heterocycles. The highest BCUT2D eigenvalue weighted by atomic mass is 16.3. The van der Waals surface area contributed by atoms with Crippen LogP contribution in [0.3, 0.4) is 0 Å². The van der Waals surface area contributed by atoms with E-state index in [-0.39, 0.29) is 6.17 Å². The summed E-state index contributed by atoms with van der Waals surface area (Å²) >= 11 is 0. The number of aliphatic imine (C=N–C) groups is 2. The molecule has 2 aliphatic rings. The first kappa shape index (κ1) is 26.1. The van der Waals surface area contributed by atoms with Crippen LogP contribution in [0.15, 0.2) is 154 Å². The number of para-hydroxylation sites is 1. The first-order valence-electron chi connectivity index (χ1n) is 16.0. The van der Waals surface area contributed by atoms with Crippen LogP contribution >= 0.6 is 0 Å². The summed E-state index contributed by atoms with van der Waals surface area (Å²) in [6.07, 6.45) is 1.64. The smallest absolute Gasteiger partial charge is 0.148 e. The van der Waals surface area contributed by atoms with Crippen LogP contribution in [0.4, 0.5) is 0 Å². The van der Waals surface area contributed by atoms with E-state index in [1.165, 1.54) is 43.1 Å². The lowest BCUT2D eigenvalue weighted by Crippen LogP contribution is -2.41. The molecule has 5 nitrogen and oxygen atoms in total. The Bertz CT molecular complexity index is 2680. The Labute approximate surface area is 270 Å². The minimum atomic E-state index is -0.317. The van der Waals surface area contributed by atoms with Gasteiger partial charge in [0.15, 0.2) is 0 Å². The predicted molar refractivity (Wildman–Crippen MR) is 194 cm³/mol. The molecule has 1 unspecified atom stereocenters. The lowest BCUT2D eigenvalue weighted by molar-refractivity contribution is 0.549. The third-order valence-electron chi connectivity index (χ3n) is 9.55. The third kappa shape index (κ3) is 4.17. The minimum absolute atomic E-state index is 0.317. The summed E-state index contributed by atoms with van der Waals surface area (Å²) in [6.45, 7) is 0.516. The van der Waals surface area contributed by atoms with Crippen molar-refractivity contribution in [2.24, 2.45) is 9.98 Å². The number of nitrogens with one attached hydrogen (secondary N) is 2. The van der Waals surface area contributed by atoms with Gasteiger partial charge in [-0.05, 0) is 66.9 Å². The van der Waals surface area contributed by atoms with Gasteiger partial charge in [0.25, 0.3) is 0 Å². The monoisotopic (exact) mass is 604 g/mol. The number of furan rings is 1. The quantitative estimate of drug-likeness (QED) is 0.193. The average Bonchev–Trinajstić information content (AvgIpc) is 3.53. The van der Waals surface area contributed by atoms with Gasteiger partial charge in [-0.1, -0.05) is 115 Å². The Morgan fingerprint density at radius 1 is 0.596 bits per heavy atom. The van der Waals surface area contributed by atoms with Crippen LogP contribution in [0.2, 0.25) is 0 Å². The van der Waals surface area contributed by atoms with Crippen LogP contribution in [0.1, 0.15) is 28.6 Å². The molecule has 1 atom stereocenters. The van der Waals surface area contributed by atoms with E-state index >= 15 is 0 Å². The van der Waals surface area contributed by atoms with Gasteiger partial charge < -0.3 is 15.1 Å². The van der Waals surface area contributed by atoms with Crippen molar-refractivity contribution >= 4 is 71.7 Å². The summed E-state index contributed by atoms with van der Waals surface area (Å²) in [5, 5.41) is 18.3. The molecule has 0 fully saturated rings. The Morgan fingerprint density at radius 3 is 2.19 bits per heavy atom. The van der Waals surface area contributed by atoms with Crippen LogP contribution in [-0.2, 0) is 6.54 Å². The number of amidine groups is 1. The van der Waals surface area contributed by atoms with E-state index in [0.29, 0.717) is 6.54 Å². The van der Waals surface area contributed by atoms with Crippen molar-refractivity contribution < 1.29 is 4.42 Å². The molecular weight excluding hydrogens is 576 g/mol. The summed E-state index contributed by atoms with van der Waals surface area (Å²) in [7, 11) is 0. The topological polar surface area (TPSA) is 61.9 Å². The van der Waals surface area contributed by atoms with Gasteiger partial charge in [-0.2, -0.15) is 0 Å². The molecule has 47 heavy (non-hydrogen) atoms. The van der Waals surface area contributed by atoms with Crippen molar-refractivity contribution in [2.75, 3.05) is 0 Å². The first-order chi connectivity index (χ1) is 23.3. The molecule has 0 bridgehead atoms.